The zero-order chi connectivity index (χ0) is 10.8. The Balaban J connectivity index is 2.18. The minimum atomic E-state index is 0.212. The van der Waals surface area contributed by atoms with Crippen molar-refractivity contribution in [3.63, 3.8) is 0 Å². The predicted molar refractivity (Wildman–Crippen MR) is 60.1 cm³/mol. The second-order valence-electron chi connectivity index (χ2n) is 4.34. The van der Waals surface area contributed by atoms with Crippen LogP contribution in [0.4, 0.5) is 0 Å². The van der Waals surface area contributed by atoms with Crippen molar-refractivity contribution in [3.8, 4) is 0 Å². The Labute approximate surface area is 90.0 Å². The summed E-state index contributed by atoms with van der Waals surface area (Å²) < 4.78 is 2.12. The molecule has 4 nitrogen and oxygen atoms in total. The van der Waals surface area contributed by atoms with Crippen molar-refractivity contribution in [3.05, 3.63) is 17.5 Å². The number of rotatable bonds is 3. The minimum Gasteiger partial charge on any atom is -0.387 e. The van der Waals surface area contributed by atoms with E-state index in [0.29, 0.717) is 12.5 Å². The van der Waals surface area contributed by atoms with Gasteiger partial charge in [-0.3, -0.25) is 10.1 Å². The lowest BCUT2D eigenvalue weighted by molar-refractivity contribution is 0.456. The van der Waals surface area contributed by atoms with E-state index in [4.69, 9.17) is 11.1 Å². The highest BCUT2D eigenvalue weighted by Crippen LogP contribution is 2.30. The Morgan fingerprint density at radius 1 is 1.60 bits per heavy atom. The molecule has 1 aliphatic carbocycles. The Hall–Kier alpha value is -1.32. The van der Waals surface area contributed by atoms with Crippen LogP contribution in [0, 0.1) is 12.3 Å². The molecular weight excluding hydrogens is 188 g/mol. The first kappa shape index (κ1) is 10.2. The molecule has 1 heterocycles. The fourth-order valence-corrected chi connectivity index (χ4v) is 2.35. The van der Waals surface area contributed by atoms with Gasteiger partial charge in [0.05, 0.1) is 18.1 Å². The van der Waals surface area contributed by atoms with E-state index < -0.39 is 0 Å². The first-order chi connectivity index (χ1) is 7.18. The molecule has 0 saturated heterocycles. The third-order valence-corrected chi connectivity index (χ3v) is 3.20. The molecule has 1 aliphatic rings. The minimum absolute atomic E-state index is 0.212. The molecule has 2 rings (SSSR count). The molecule has 0 radical (unpaired) electrons. The quantitative estimate of drug-likeness (QED) is 0.584. The lowest BCUT2D eigenvalue weighted by Crippen LogP contribution is -2.14. The van der Waals surface area contributed by atoms with Gasteiger partial charge in [-0.15, -0.1) is 0 Å². The maximum Gasteiger partial charge on any atom is 0.0951 e. The summed E-state index contributed by atoms with van der Waals surface area (Å²) in [7, 11) is 0. The third-order valence-electron chi connectivity index (χ3n) is 3.20. The van der Waals surface area contributed by atoms with Gasteiger partial charge in [-0.05, 0) is 19.8 Å². The molecule has 3 N–H and O–H groups in total. The zero-order valence-corrected chi connectivity index (χ0v) is 9.16. The van der Waals surface area contributed by atoms with Crippen LogP contribution < -0.4 is 5.73 Å². The summed E-state index contributed by atoms with van der Waals surface area (Å²) in [6.07, 6.45) is 7.48. The molecule has 0 spiro atoms. The number of hydrogen-bond acceptors (Lipinski definition) is 2. The summed E-state index contributed by atoms with van der Waals surface area (Å²) in [5, 5.41) is 11.7. The van der Waals surface area contributed by atoms with Crippen LogP contribution >= 0.6 is 0 Å². The second-order valence-corrected chi connectivity index (χ2v) is 4.34. The van der Waals surface area contributed by atoms with E-state index in [0.717, 1.165) is 5.56 Å². The monoisotopic (exact) mass is 206 g/mol. The van der Waals surface area contributed by atoms with Gasteiger partial charge in [-0.25, -0.2) is 0 Å². The maximum atomic E-state index is 7.29. The van der Waals surface area contributed by atoms with Crippen LogP contribution in [0.5, 0.6) is 0 Å². The van der Waals surface area contributed by atoms with Crippen LogP contribution in [0.1, 0.15) is 43.0 Å². The molecule has 0 aromatic carbocycles. The molecule has 15 heavy (non-hydrogen) atoms. The Morgan fingerprint density at radius 2 is 2.27 bits per heavy atom. The lowest BCUT2D eigenvalue weighted by atomic mass is 10.1. The molecule has 82 valence electrons. The van der Waals surface area contributed by atoms with E-state index in [-0.39, 0.29) is 5.84 Å². The number of aromatic nitrogens is 2. The summed E-state index contributed by atoms with van der Waals surface area (Å²) in [5.74, 6) is 0.212. The normalized spacial score (nSPS) is 17.1. The standard InChI is InChI=1S/C11H18N4/c1-8-9(6-11(12)13)7-14-15(8)10-4-2-3-5-10/h7,10H,2-6H2,1H3,(H3,12,13). The van der Waals surface area contributed by atoms with Gasteiger partial charge in [0.25, 0.3) is 0 Å². The van der Waals surface area contributed by atoms with Crippen LogP contribution in [0.15, 0.2) is 6.20 Å². The zero-order valence-electron chi connectivity index (χ0n) is 9.16. The van der Waals surface area contributed by atoms with Crippen LogP contribution in [-0.2, 0) is 6.42 Å². The maximum absolute atomic E-state index is 7.29. The van der Waals surface area contributed by atoms with E-state index in [1.165, 1.54) is 31.4 Å². The average Bonchev–Trinajstić information content (AvgIpc) is 2.76. The average molecular weight is 206 g/mol. The summed E-state index contributed by atoms with van der Waals surface area (Å²) in [6.45, 7) is 2.07. The lowest BCUT2D eigenvalue weighted by Gasteiger charge is -2.12. The topological polar surface area (TPSA) is 67.7 Å². The Morgan fingerprint density at radius 3 is 2.87 bits per heavy atom. The summed E-state index contributed by atoms with van der Waals surface area (Å²) in [5.41, 5.74) is 7.67. The number of hydrogen-bond donors (Lipinski definition) is 2. The van der Waals surface area contributed by atoms with Crippen LogP contribution in [-0.4, -0.2) is 15.6 Å². The highest BCUT2D eigenvalue weighted by Gasteiger charge is 2.20. The van der Waals surface area contributed by atoms with Crippen molar-refractivity contribution in [2.45, 2.75) is 45.1 Å². The molecule has 0 amide bonds. The Bertz CT molecular complexity index is 361. The molecule has 0 aliphatic heterocycles. The third kappa shape index (κ3) is 2.03. The van der Waals surface area contributed by atoms with Crippen molar-refractivity contribution in [1.29, 1.82) is 5.41 Å². The molecule has 1 aromatic heterocycles. The predicted octanol–water partition coefficient (Wildman–Crippen LogP) is 1.79. The number of nitrogens with one attached hydrogen (secondary N) is 1. The van der Waals surface area contributed by atoms with Gasteiger partial charge >= 0.3 is 0 Å². The van der Waals surface area contributed by atoms with Crippen molar-refractivity contribution in [2.24, 2.45) is 5.73 Å². The van der Waals surface area contributed by atoms with Gasteiger partial charge in [0.2, 0.25) is 0 Å². The van der Waals surface area contributed by atoms with Crippen LogP contribution in [0.2, 0.25) is 0 Å². The summed E-state index contributed by atoms with van der Waals surface area (Å²) in [4.78, 5) is 0. The van der Waals surface area contributed by atoms with Gasteiger partial charge < -0.3 is 5.73 Å². The first-order valence-corrected chi connectivity index (χ1v) is 5.54. The smallest absolute Gasteiger partial charge is 0.0951 e. The second kappa shape index (κ2) is 4.04. The highest BCUT2D eigenvalue weighted by atomic mass is 15.3. The molecule has 1 saturated carbocycles. The van der Waals surface area contributed by atoms with E-state index >= 15 is 0 Å². The van der Waals surface area contributed by atoms with Gasteiger partial charge in [-0.2, -0.15) is 5.10 Å². The van der Waals surface area contributed by atoms with E-state index in [1.807, 2.05) is 6.20 Å². The molecule has 4 heteroatoms. The number of amidine groups is 1. The fraction of sp³-hybridized carbons (Fsp3) is 0.636. The van der Waals surface area contributed by atoms with E-state index in [9.17, 15) is 0 Å². The fourth-order valence-electron chi connectivity index (χ4n) is 2.35. The number of nitrogens with zero attached hydrogens (tertiary/aromatic N) is 2. The van der Waals surface area contributed by atoms with Gasteiger partial charge in [0.1, 0.15) is 0 Å². The van der Waals surface area contributed by atoms with Crippen LogP contribution in [0.25, 0.3) is 0 Å². The van der Waals surface area contributed by atoms with Gasteiger partial charge in [0, 0.05) is 17.7 Å². The molecule has 1 fully saturated rings. The van der Waals surface area contributed by atoms with E-state index in [1.54, 1.807) is 0 Å². The molecule has 0 bridgehead atoms. The summed E-state index contributed by atoms with van der Waals surface area (Å²) >= 11 is 0. The SMILES string of the molecule is Cc1c(CC(=N)N)cnn1C1CCCC1. The van der Waals surface area contributed by atoms with Crippen molar-refractivity contribution in [2.75, 3.05) is 0 Å². The molecule has 1 aromatic rings. The Kier molecular flexibility index (Phi) is 2.75. The van der Waals surface area contributed by atoms with Crippen molar-refractivity contribution < 1.29 is 0 Å². The first-order valence-electron chi connectivity index (χ1n) is 5.54. The van der Waals surface area contributed by atoms with Crippen molar-refractivity contribution in [1.82, 2.24) is 9.78 Å². The molecule has 0 atom stereocenters. The van der Waals surface area contributed by atoms with Crippen LogP contribution in [0.3, 0.4) is 0 Å². The number of nitrogens with two attached hydrogens (primary N) is 1. The van der Waals surface area contributed by atoms with Gasteiger partial charge in [-0.1, -0.05) is 12.8 Å². The molecule has 0 unspecified atom stereocenters. The van der Waals surface area contributed by atoms with Crippen molar-refractivity contribution >= 4 is 5.84 Å². The molecular formula is C11H18N4. The van der Waals surface area contributed by atoms with Gasteiger partial charge in [0.15, 0.2) is 0 Å². The highest BCUT2D eigenvalue weighted by molar-refractivity contribution is 5.79. The summed E-state index contributed by atoms with van der Waals surface area (Å²) in [6, 6.07) is 0.575. The van der Waals surface area contributed by atoms with E-state index in [2.05, 4.69) is 16.7 Å². The largest absolute Gasteiger partial charge is 0.387 e.